The number of halogens is 1. The number of amides is 3. The summed E-state index contributed by atoms with van der Waals surface area (Å²) in [6.45, 7) is 14.8. The number of β-amino-alcohol motifs (C(OH)–C–C–N with tert-alkyl or cyclic N) is 1. The number of nitrogens with zero attached hydrogens (tertiary/aromatic N) is 6. The largest absolute Gasteiger partial charge is 0.481 e. The van der Waals surface area contributed by atoms with Crippen LogP contribution in [0.5, 0.6) is 0 Å². The van der Waals surface area contributed by atoms with Gasteiger partial charge in [-0.15, -0.1) is 32.9 Å². The molecule has 0 radical (unpaired) electrons. The summed E-state index contributed by atoms with van der Waals surface area (Å²) in [5, 5.41) is 35.7. The van der Waals surface area contributed by atoms with Crippen molar-refractivity contribution in [3.8, 4) is 26.6 Å². The molecule has 5 heterocycles. The second-order valence-corrected chi connectivity index (χ2v) is 20.1. The van der Waals surface area contributed by atoms with Crippen LogP contribution in [0.2, 0.25) is 0 Å². The first-order valence-corrected chi connectivity index (χ1v) is 23.3. The number of aromatic nitrogens is 4. The summed E-state index contributed by atoms with van der Waals surface area (Å²) >= 11 is 3.12. The molecule has 3 amide bonds. The van der Waals surface area contributed by atoms with Gasteiger partial charge in [0.15, 0.2) is 5.82 Å². The molecule has 0 saturated carbocycles. The number of fused-ring (bicyclic) bond motifs is 3. The maximum atomic E-state index is 16.0. The van der Waals surface area contributed by atoms with Crippen molar-refractivity contribution in [1.29, 1.82) is 0 Å². The highest BCUT2D eigenvalue weighted by Crippen LogP contribution is 2.40. The van der Waals surface area contributed by atoms with Crippen molar-refractivity contribution in [2.45, 2.75) is 98.5 Å². The van der Waals surface area contributed by atoms with Crippen molar-refractivity contribution < 1.29 is 33.8 Å². The number of rotatable bonds is 11. The number of benzene rings is 3. The van der Waals surface area contributed by atoms with E-state index in [1.807, 2.05) is 87.7 Å². The molecule has 2 aliphatic heterocycles. The zero-order valence-corrected chi connectivity index (χ0v) is 39.5. The van der Waals surface area contributed by atoms with E-state index in [1.54, 1.807) is 55.0 Å². The van der Waals surface area contributed by atoms with Crippen LogP contribution < -0.4 is 10.6 Å². The molecule has 8 rings (SSSR count). The third-order valence-electron chi connectivity index (χ3n) is 12.3. The first-order valence-electron chi connectivity index (χ1n) is 21.6. The van der Waals surface area contributed by atoms with Crippen molar-refractivity contribution >= 4 is 52.1 Å². The Labute approximate surface area is 389 Å². The number of aliphatic imine (C=N–C) groups is 1. The first kappa shape index (κ1) is 46.1. The lowest BCUT2D eigenvalue weighted by molar-refractivity contribution is -0.142. The summed E-state index contributed by atoms with van der Waals surface area (Å²) in [6, 6.07) is 16.1. The van der Waals surface area contributed by atoms with Gasteiger partial charge in [0.05, 0.1) is 45.9 Å². The van der Waals surface area contributed by atoms with Gasteiger partial charge in [0.1, 0.15) is 34.8 Å². The predicted octanol–water partition coefficient (Wildman–Crippen LogP) is 7.84. The Morgan fingerprint density at radius 1 is 0.909 bits per heavy atom. The third kappa shape index (κ3) is 8.94. The molecular weight excluding hydrogens is 880 g/mol. The molecule has 3 aromatic carbocycles. The second-order valence-electron chi connectivity index (χ2n) is 18.1. The molecule has 14 nitrogen and oxygen atoms in total. The van der Waals surface area contributed by atoms with Gasteiger partial charge < -0.3 is 25.7 Å². The second kappa shape index (κ2) is 18.1. The van der Waals surface area contributed by atoms with Crippen LogP contribution in [0.4, 0.5) is 4.39 Å². The normalized spacial score (nSPS) is 17.9. The van der Waals surface area contributed by atoms with Crippen molar-refractivity contribution in [2.24, 2.45) is 10.4 Å². The highest BCUT2D eigenvalue weighted by molar-refractivity contribution is 7.15. The lowest BCUT2D eigenvalue weighted by atomic mass is 9.85. The van der Waals surface area contributed by atoms with Gasteiger partial charge in [-0.25, -0.2) is 9.37 Å². The summed E-state index contributed by atoms with van der Waals surface area (Å²) < 4.78 is 17.9. The SMILES string of the molecule is Cc1ncsc1-c1ccc(C(C)NC(=O)[C@@H]2C[C@@H](O)CN2C(=O)C(NC(=O)c2ccc(-c3ccc(C4=N[C@@H](CC(=O)O)c5nnc(C)n5-c5sc(C)c(C)c54)cc3)cc2F)C(C)(C)C)cc1. The number of nitrogens with one attached hydrogen (secondary N) is 2. The number of aliphatic carboxylic acids is 1. The molecule has 6 aromatic rings. The van der Waals surface area contributed by atoms with Crippen LogP contribution in [0.25, 0.3) is 26.6 Å². The molecule has 342 valence electrons. The third-order valence-corrected chi connectivity index (χ3v) is 14.5. The Morgan fingerprint density at radius 2 is 1.58 bits per heavy atom. The van der Waals surface area contributed by atoms with Gasteiger partial charge in [0, 0.05) is 29.0 Å². The van der Waals surface area contributed by atoms with Gasteiger partial charge in [0.25, 0.3) is 5.91 Å². The smallest absolute Gasteiger partial charge is 0.306 e. The zero-order valence-electron chi connectivity index (χ0n) is 37.8. The standard InChI is InChI=1S/C49H51FN8O6S2/c1-24-27(4)66-48-40(24)41(53-37(21-39(60)61)44-56-55-28(5)58(44)48)31-13-11-30(12-14-31)33-17-18-35(36(50)19-33)45(62)54-43(49(6,7)8)47(64)57-22-34(59)20-38(57)46(63)52-25(2)29-9-15-32(16-10-29)42-26(3)51-23-65-42/h9-19,23,25,34,37-38,43,59H,20-22H2,1-8H3,(H,52,63)(H,54,62)(H,60,61)/t25?,34-,37+,38+,43?/m1/s1. The maximum Gasteiger partial charge on any atom is 0.306 e. The number of carbonyl (C=O) groups is 4. The molecule has 66 heavy (non-hydrogen) atoms. The van der Waals surface area contributed by atoms with Gasteiger partial charge >= 0.3 is 5.97 Å². The average molecular weight is 931 g/mol. The molecule has 3 aromatic heterocycles. The van der Waals surface area contributed by atoms with Crippen LogP contribution in [-0.4, -0.2) is 89.0 Å². The number of carboxylic acid groups (broad SMARTS) is 1. The van der Waals surface area contributed by atoms with Crippen molar-refractivity contribution in [1.82, 2.24) is 35.3 Å². The highest BCUT2D eigenvalue weighted by Gasteiger charge is 2.45. The van der Waals surface area contributed by atoms with Crippen LogP contribution >= 0.6 is 22.7 Å². The number of likely N-dealkylation sites (tertiary alicyclic amines) is 1. The van der Waals surface area contributed by atoms with E-state index in [9.17, 15) is 29.4 Å². The molecule has 2 aliphatic rings. The first-order chi connectivity index (χ1) is 31.3. The Hall–Kier alpha value is -6.43. The van der Waals surface area contributed by atoms with Crippen LogP contribution in [0.3, 0.4) is 0 Å². The quantitative estimate of drug-likeness (QED) is 0.100. The molecule has 0 spiro atoms. The summed E-state index contributed by atoms with van der Waals surface area (Å²) in [7, 11) is 0. The minimum Gasteiger partial charge on any atom is -0.481 e. The van der Waals surface area contributed by atoms with E-state index in [4.69, 9.17) is 4.99 Å². The summed E-state index contributed by atoms with van der Waals surface area (Å²) in [5.74, 6) is -2.55. The van der Waals surface area contributed by atoms with Gasteiger partial charge in [-0.2, -0.15) is 0 Å². The molecule has 17 heteroatoms. The van der Waals surface area contributed by atoms with Gasteiger partial charge in [-0.1, -0.05) is 75.4 Å². The summed E-state index contributed by atoms with van der Waals surface area (Å²) in [6.07, 6.45) is -1.22. The zero-order chi connectivity index (χ0) is 47.4. The van der Waals surface area contributed by atoms with Gasteiger partial charge in [-0.3, -0.25) is 28.7 Å². The highest BCUT2D eigenvalue weighted by atomic mass is 32.1. The molecule has 5 atom stereocenters. The molecule has 2 unspecified atom stereocenters. The topological polar surface area (TPSA) is 192 Å². The Kier molecular flexibility index (Phi) is 12.6. The summed E-state index contributed by atoms with van der Waals surface area (Å²) in [5.41, 5.74) is 7.86. The number of thiophene rings is 1. The fraction of sp³-hybridized carbons (Fsp3) is 0.347. The Bertz CT molecular complexity index is 2900. The number of aliphatic hydroxyl groups excluding tert-OH is 1. The van der Waals surface area contributed by atoms with Crippen LogP contribution in [-0.2, 0) is 14.4 Å². The van der Waals surface area contributed by atoms with Gasteiger partial charge in [0.2, 0.25) is 11.8 Å². The van der Waals surface area contributed by atoms with E-state index in [2.05, 4.69) is 25.8 Å². The fourth-order valence-corrected chi connectivity index (χ4v) is 10.6. The Morgan fingerprint density at radius 3 is 2.21 bits per heavy atom. The predicted molar refractivity (Wildman–Crippen MR) is 252 cm³/mol. The lowest BCUT2D eigenvalue weighted by Gasteiger charge is -2.35. The minimum absolute atomic E-state index is 0.0206. The number of carboxylic acids is 1. The fourth-order valence-electron chi connectivity index (χ4n) is 8.61. The van der Waals surface area contributed by atoms with E-state index >= 15 is 4.39 Å². The molecule has 1 fully saturated rings. The van der Waals surface area contributed by atoms with Crippen LogP contribution in [0.15, 0.2) is 77.2 Å². The van der Waals surface area contributed by atoms with Crippen molar-refractivity contribution in [3.05, 3.63) is 128 Å². The Balaban J connectivity index is 0.980. The number of hydrogen-bond acceptors (Lipinski definition) is 11. The molecule has 1 saturated heterocycles. The minimum atomic E-state index is -1.17. The number of aryl methyl sites for hydroxylation is 3. The lowest BCUT2D eigenvalue weighted by Crippen LogP contribution is -2.58. The van der Waals surface area contributed by atoms with Crippen molar-refractivity contribution in [3.63, 3.8) is 0 Å². The molecule has 4 N–H and O–H groups in total. The van der Waals surface area contributed by atoms with E-state index < -0.39 is 65.2 Å². The average Bonchev–Trinajstić information content (AvgIpc) is 4.04. The summed E-state index contributed by atoms with van der Waals surface area (Å²) in [4.78, 5) is 66.7. The van der Waals surface area contributed by atoms with Crippen LogP contribution in [0, 0.1) is 38.9 Å². The number of aliphatic hydroxyl groups is 1. The van der Waals surface area contributed by atoms with Crippen molar-refractivity contribution in [2.75, 3.05) is 6.54 Å². The van der Waals surface area contributed by atoms with E-state index in [0.29, 0.717) is 28.5 Å². The van der Waals surface area contributed by atoms with E-state index in [0.717, 1.165) is 48.3 Å². The monoisotopic (exact) mass is 930 g/mol. The van der Waals surface area contributed by atoms with E-state index in [1.165, 1.54) is 17.0 Å². The number of hydrogen-bond donors (Lipinski definition) is 4. The maximum absolute atomic E-state index is 16.0. The van der Waals surface area contributed by atoms with E-state index in [-0.39, 0.29) is 24.9 Å². The van der Waals surface area contributed by atoms with Crippen LogP contribution in [0.1, 0.15) is 107 Å². The number of carbonyl (C=O) groups excluding carboxylic acids is 3. The molecular formula is C49H51FN8O6S2. The molecule has 0 bridgehead atoms. The molecule has 0 aliphatic carbocycles. The van der Waals surface area contributed by atoms with Gasteiger partial charge in [-0.05, 0) is 80.0 Å². The number of thiazole rings is 1.